The van der Waals surface area contributed by atoms with Crippen molar-refractivity contribution >= 4 is 26.2 Å². The first-order valence-electron chi connectivity index (χ1n) is 19.6. The number of rotatable bonds is 12. The number of carbonyl (C=O) groups excluding carboxylic acids is 1. The number of aryl methyl sites for hydroxylation is 2. The number of hydrogen-bond acceptors (Lipinski definition) is 8. The van der Waals surface area contributed by atoms with E-state index in [1.54, 1.807) is 48.5 Å². The van der Waals surface area contributed by atoms with Crippen LogP contribution in [0.25, 0.3) is 0 Å². The Hall–Kier alpha value is -2.27. The van der Waals surface area contributed by atoms with Gasteiger partial charge in [0, 0.05) is 0 Å². The molecule has 0 saturated heterocycles. The summed E-state index contributed by atoms with van der Waals surface area (Å²) in [5.41, 5.74) is 1.88. The van der Waals surface area contributed by atoms with Crippen LogP contribution in [0.5, 0.6) is 0 Å². The molecule has 0 amide bonds. The Morgan fingerprint density at radius 1 is 0.731 bits per heavy atom. The molecule has 0 bridgehead atoms. The fourth-order valence-corrected chi connectivity index (χ4v) is 13.8. The van der Waals surface area contributed by atoms with Crippen molar-refractivity contribution in [2.24, 2.45) is 52.3 Å². The number of benzene rings is 2. The molecular weight excluding hydrogens is 697 g/mol. The number of hydrogen-bond donors (Lipinski definition) is 0. The average molecular weight is 757 g/mol. The van der Waals surface area contributed by atoms with Gasteiger partial charge in [0.1, 0.15) is 0 Å². The second-order valence-electron chi connectivity index (χ2n) is 17.4. The maximum Gasteiger partial charge on any atom is 0.308 e. The monoisotopic (exact) mass is 756 g/mol. The van der Waals surface area contributed by atoms with Crippen molar-refractivity contribution in [3.8, 4) is 0 Å². The molecule has 4 saturated carbocycles. The third kappa shape index (κ3) is 7.65. The fourth-order valence-electron chi connectivity index (χ4n) is 11.5. The Bertz CT molecular complexity index is 1790. The van der Waals surface area contributed by atoms with E-state index in [4.69, 9.17) is 13.1 Å². The van der Waals surface area contributed by atoms with Crippen molar-refractivity contribution in [3.63, 3.8) is 0 Å². The van der Waals surface area contributed by atoms with E-state index < -0.39 is 32.4 Å². The molecule has 52 heavy (non-hydrogen) atoms. The molecule has 288 valence electrons. The van der Waals surface area contributed by atoms with Crippen LogP contribution in [0.2, 0.25) is 0 Å². The van der Waals surface area contributed by atoms with Crippen LogP contribution in [0.3, 0.4) is 0 Å². The highest BCUT2D eigenvalue weighted by Crippen LogP contribution is 2.69. The Morgan fingerprint density at radius 2 is 1.29 bits per heavy atom. The van der Waals surface area contributed by atoms with Gasteiger partial charge in [-0.3, -0.25) is 13.2 Å². The zero-order valence-corrected chi connectivity index (χ0v) is 33.8. The Labute approximate surface area is 313 Å². The first kappa shape index (κ1) is 39.4. The second-order valence-corrected chi connectivity index (χ2v) is 20.6. The third-order valence-corrected chi connectivity index (χ3v) is 17.1. The van der Waals surface area contributed by atoms with Crippen molar-refractivity contribution in [2.75, 3.05) is 7.11 Å². The predicted molar refractivity (Wildman–Crippen MR) is 201 cm³/mol. The van der Waals surface area contributed by atoms with Gasteiger partial charge in [0.25, 0.3) is 20.2 Å². The zero-order chi connectivity index (χ0) is 37.6. The Balaban J connectivity index is 1.25. The molecule has 6 rings (SSSR count). The summed E-state index contributed by atoms with van der Waals surface area (Å²) in [7, 11) is -6.61. The van der Waals surface area contributed by atoms with E-state index in [-0.39, 0.29) is 38.4 Å². The smallest absolute Gasteiger partial charge is 0.308 e. The van der Waals surface area contributed by atoms with Crippen molar-refractivity contribution in [2.45, 2.75) is 134 Å². The summed E-state index contributed by atoms with van der Waals surface area (Å²) >= 11 is 0. The molecule has 2 aromatic rings. The summed E-state index contributed by atoms with van der Waals surface area (Å²) in [6, 6.07) is 13.5. The SMILES string of the molecule is COC(=O)[C@@H](C)CCC[C@@H](C)[C@H]1CC[C@H]2[C@@H]3C[C@H](OS(=O)(=O)c4ccc(C)cc4)[C@@H]4C[C@H](OS(=O)(=O)c5ccc(C)cc5)CC[C@]4(C)[C@H]3CC[C@]12C. The van der Waals surface area contributed by atoms with Gasteiger partial charge in [0.05, 0.1) is 35.0 Å². The van der Waals surface area contributed by atoms with Crippen LogP contribution in [-0.2, 0) is 38.1 Å². The largest absolute Gasteiger partial charge is 0.469 e. The average Bonchev–Trinajstić information content (AvgIpc) is 3.46. The maximum atomic E-state index is 13.9. The molecule has 4 aliphatic rings. The van der Waals surface area contributed by atoms with Crippen molar-refractivity contribution in [3.05, 3.63) is 59.7 Å². The molecule has 0 N–H and O–H groups in total. The predicted octanol–water partition coefficient (Wildman–Crippen LogP) is 9.04. The highest BCUT2D eigenvalue weighted by molar-refractivity contribution is 7.87. The van der Waals surface area contributed by atoms with Gasteiger partial charge in [0.15, 0.2) is 0 Å². The summed E-state index contributed by atoms with van der Waals surface area (Å²) in [5.74, 6) is 1.90. The number of ether oxygens (including phenoxy) is 1. The fraction of sp³-hybridized carbons (Fsp3) is 0.690. The van der Waals surface area contributed by atoms with Gasteiger partial charge in [0.2, 0.25) is 0 Å². The number of esters is 1. The lowest BCUT2D eigenvalue weighted by Crippen LogP contribution is -2.59. The quantitative estimate of drug-likeness (QED) is 0.156. The molecule has 4 fully saturated rings. The van der Waals surface area contributed by atoms with Gasteiger partial charge in [-0.1, -0.05) is 75.9 Å². The molecular formula is C42H60O8S2. The molecule has 0 radical (unpaired) electrons. The molecule has 0 spiro atoms. The minimum atomic E-state index is -4.07. The van der Waals surface area contributed by atoms with Crippen LogP contribution < -0.4 is 0 Å². The van der Waals surface area contributed by atoms with Gasteiger partial charge in [-0.15, -0.1) is 0 Å². The number of methoxy groups -OCH3 is 1. The van der Waals surface area contributed by atoms with E-state index in [1.807, 2.05) is 20.8 Å². The molecule has 2 aromatic carbocycles. The zero-order valence-electron chi connectivity index (χ0n) is 32.2. The van der Waals surface area contributed by atoms with E-state index in [9.17, 15) is 21.6 Å². The summed E-state index contributed by atoms with van der Waals surface area (Å²) in [5, 5.41) is 0. The minimum Gasteiger partial charge on any atom is -0.469 e. The van der Waals surface area contributed by atoms with E-state index in [0.29, 0.717) is 48.9 Å². The highest BCUT2D eigenvalue weighted by Gasteiger charge is 2.63. The molecule has 0 aliphatic heterocycles. The van der Waals surface area contributed by atoms with Gasteiger partial charge in [-0.2, -0.15) is 16.8 Å². The normalized spacial score (nSPS) is 34.4. The molecule has 0 heterocycles. The molecule has 0 unspecified atom stereocenters. The van der Waals surface area contributed by atoms with Crippen molar-refractivity contribution < 1.29 is 34.7 Å². The first-order chi connectivity index (χ1) is 24.5. The Kier molecular flexibility index (Phi) is 11.5. The van der Waals surface area contributed by atoms with Crippen LogP contribution in [0.15, 0.2) is 58.3 Å². The molecule has 11 atom stereocenters. The lowest BCUT2D eigenvalue weighted by atomic mass is 9.43. The van der Waals surface area contributed by atoms with Crippen LogP contribution in [-0.4, -0.2) is 42.1 Å². The molecule has 10 heteroatoms. The number of fused-ring (bicyclic) bond motifs is 5. The second kappa shape index (κ2) is 15.1. The maximum absolute atomic E-state index is 13.9. The topological polar surface area (TPSA) is 113 Å². The summed E-state index contributed by atoms with van der Waals surface area (Å²) < 4.78 is 72.0. The molecule has 0 aromatic heterocycles. The summed E-state index contributed by atoms with van der Waals surface area (Å²) in [4.78, 5) is 12.3. The standard InChI is InChI=1S/C42H60O8S2/c1-27-11-15-32(16-12-27)51(44,45)49-31-21-23-42(6)37-22-24-41(5)35(29(3)9-8-10-30(4)40(43)48-7)19-20-36(41)34(37)26-39(38(42)25-31)50-52(46,47)33-17-13-28(2)14-18-33/h11-18,29-31,34-39H,8-10,19-26H2,1-7H3/t29-,30+,31-,34+,35-,36+,37+,38+,39+,41-,42-/m1/s1. The van der Waals surface area contributed by atoms with E-state index in [2.05, 4.69) is 20.8 Å². The van der Waals surface area contributed by atoms with Gasteiger partial charge >= 0.3 is 5.97 Å². The summed E-state index contributed by atoms with van der Waals surface area (Å²) in [6.45, 7) is 13.0. The third-order valence-electron chi connectivity index (χ3n) is 14.4. The highest BCUT2D eigenvalue weighted by atomic mass is 32.2. The van der Waals surface area contributed by atoms with E-state index in [1.165, 1.54) is 7.11 Å². The minimum absolute atomic E-state index is 0.0909. The van der Waals surface area contributed by atoms with Crippen LogP contribution in [0.1, 0.15) is 109 Å². The summed E-state index contributed by atoms with van der Waals surface area (Å²) in [6.07, 6.45) is 8.74. The van der Waals surface area contributed by atoms with Crippen LogP contribution in [0, 0.1) is 66.1 Å². The van der Waals surface area contributed by atoms with Crippen LogP contribution >= 0.6 is 0 Å². The molecule has 8 nitrogen and oxygen atoms in total. The lowest BCUT2D eigenvalue weighted by molar-refractivity contribution is -0.163. The van der Waals surface area contributed by atoms with Gasteiger partial charge < -0.3 is 4.74 Å². The molecule has 4 aliphatic carbocycles. The van der Waals surface area contributed by atoms with E-state index in [0.717, 1.165) is 62.5 Å². The van der Waals surface area contributed by atoms with Crippen molar-refractivity contribution in [1.82, 2.24) is 0 Å². The van der Waals surface area contributed by atoms with Gasteiger partial charge in [-0.25, -0.2) is 0 Å². The van der Waals surface area contributed by atoms with Crippen LogP contribution in [0.4, 0.5) is 0 Å². The Morgan fingerprint density at radius 3 is 1.88 bits per heavy atom. The number of carbonyl (C=O) groups is 1. The van der Waals surface area contributed by atoms with Crippen molar-refractivity contribution in [1.29, 1.82) is 0 Å². The lowest BCUT2D eigenvalue weighted by Gasteiger charge is -2.62. The van der Waals surface area contributed by atoms with Gasteiger partial charge in [-0.05, 0) is 142 Å². The first-order valence-corrected chi connectivity index (χ1v) is 22.4. The van der Waals surface area contributed by atoms with E-state index >= 15 is 0 Å².